The third kappa shape index (κ3) is 2.68. The van der Waals surface area contributed by atoms with Crippen LogP contribution in [0.4, 0.5) is 5.13 Å². The molecular weight excluding hydrogens is 286 g/mol. The molecule has 106 valence electrons. The van der Waals surface area contributed by atoms with Crippen LogP contribution in [0.1, 0.15) is 21.7 Å². The summed E-state index contributed by atoms with van der Waals surface area (Å²) < 4.78 is 1.65. The molecule has 0 radical (unpaired) electrons. The fourth-order valence-corrected chi connectivity index (χ4v) is 2.44. The van der Waals surface area contributed by atoms with Crippen molar-refractivity contribution < 1.29 is 4.79 Å². The molecule has 2 heterocycles. The van der Waals surface area contributed by atoms with E-state index in [9.17, 15) is 4.79 Å². The van der Waals surface area contributed by atoms with Gasteiger partial charge in [0.2, 0.25) is 0 Å². The molecule has 1 amide bonds. The zero-order valence-electron chi connectivity index (χ0n) is 11.6. The number of thiazole rings is 1. The lowest BCUT2D eigenvalue weighted by Crippen LogP contribution is -2.14. The van der Waals surface area contributed by atoms with Gasteiger partial charge in [0.1, 0.15) is 0 Å². The van der Waals surface area contributed by atoms with Crippen molar-refractivity contribution in [3.05, 3.63) is 52.8 Å². The van der Waals surface area contributed by atoms with Crippen LogP contribution in [-0.2, 0) is 0 Å². The standard InChI is InChI=1S/C14H13N5OS/c1-9-3-5-11(6-4-9)19-10(2)12(17-18-19)13(20)16-14-15-7-8-21-14/h3-8H,1-2H3,(H,15,16,20). The van der Waals surface area contributed by atoms with Crippen molar-refractivity contribution in [3.8, 4) is 5.69 Å². The molecule has 7 heteroatoms. The molecule has 2 aromatic heterocycles. The Kier molecular flexibility index (Phi) is 3.49. The van der Waals surface area contributed by atoms with Crippen LogP contribution >= 0.6 is 11.3 Å². The number of hydrogen-bond donors (Lipinski definition) is 1. The SMILES string of the molecule is Cc1ccc(-n2nnc(C(=O)Nc3nccs3)c2C)cc1. The van der Waals surface area contributed by atoms with Crippen LogP contribution in [0.15, 0.2) is 35.8 Å². The second-order valence-electron chi connectivity index (χ2n) is 4.56. The van der Waals surface area contributed by atoms with Crippen LogP contribution in [0.3, 0.4) is 0 Å². The van der Waals surface area contributed by atoms with E-state index in [-0.39, 0.29) is 5.91 Å². The smallest absolute Gasteiger partial charge is 0.279 e. The van der Waals surface area contributed by atoms with Gasteiger partial charge in [0.15, 0.2) is 10.8 Å². The van der Waals surface area contributed by atoms with Gasteiger partial charge in [0, 0.05) is 11.6 Å². The maximum Gasteiger partial charge on any atom is 0.279 e. The number of hydrogen-bond acceptors (Lipinski definition) is 5. The van der Waals surface area contributed by atoms with Gasteiger partial charge in [-0.05, 0) is 26.0 Å². The molecule has 0 aliphatic rings. The van der Waals surface area contributed by atoms with Crippen LogP contribution in [0.5, 0.6) is 0 Å². The van der Waals surface area contributed by atoms with Gasteiger partial charge in [-0.2, -0.15) is 0 Å². The Labute approximate surface area is 125 Å². The minimum absolute atomic E-state index is 0.297. The number of nitrogens with one attached hydrogen (secondary N) is 1. The number of anilines is 1. The third-order valence-corrected chi connectivity index (χ3v) is 3.73. The molecule has 0 spiro atoms. The van der Waals surface area contributed by atoms with Crippen molar-refractivity contribution in [2.45, 2.75) is 13.8 Å². The topological polar surface area (TPSA) is 72.7 Å². The number of nitrogens with zero attached hydrogens (tertiary/aromatic N) is 4. The van der Waals surface area contributed by atoms with Gasteiger partial charge < -0.3 is 0 Å². The third-order valence-electron chi connectivity index (χ3n) is 3.04. The first-order valence-corrected chi connectivity index (χ1v) is 7.23. The molecule has 0 atom stereocenters. The van der Waals surface area contributed by atoms with Crippen LogP contribution in [-0.4, -0.2) is 25.9 Å². The monoisotopic (exact) mass is 299 g/mol. The highest BCUT2D eigenvalue weighted by Gasteiger charge is 2.18. The average molecular weight is 299 g/mol. The molecule has 3 aromatic rings. The Morgan fingerprint density at radius 2 is 2.00 bits per heavy atom. The number of rotatable bonds is 3. The lowest BCUT2D eigenvalue weighted by atomic mass is 10.2. The Hall–Kier alpha value is -2.54. The lowest BCUT2D eigenvalue weighted by molar-refractivity contribution is 0.102. The number of amides is 1. The predicted octanol–water partition coefficient (Wildman–Crippen LogP) is 2.59. The van der Waals surface area contributed by atoms with Gasteiger partial charge in [-0.1, -0.05) is 22.9 Å². The fraction of sp³-hybridized carbons (Fsp3) is 0.143. The minimum Gasteiger partial charge on any atom is -0.296 e. The van der Waals surface area contributed by atoms with E-state index in [0.717, 1.165) is 5.69 Å². The Morgan fingerprint density at radius 1 is 1.24 bits per heavy atom. The molecule has 1 N–H and O–H groups in total. The first-order valence-electron chi connectivity index (χ1n) is 6.35. The highest BCUT2D eigenvalue weighted by molar-refractivity contribution is 7.13. The summed E-state index contributed by atoms with van der Waals surface area (Å²) in [5.74, 6) is -0.305. The van der Waals surface area contributed by atoms with E-state index < -0.39 is 0 Å². The molecule has 0 saturated carbocycles. The zero-order chi connectivity index (χ0) is 14.8. The largest absolute Gasteiger partial charge is 0.296 e. The second kappa shape index (κ2) is 5.45. The van der Waals surface area contributed by atoms with E-state index >= 15 is 0 Å². The van der Waals surface area contributed by atoms with Crippen molar-refractivity contribution in [1.82, 2.24) is 20.0 Å². The number of benzene rings is 1. The Morgan fingerprint density at radius 3 is 2.67 bits per heavy atom. The molecule has 0 saturated heterocycles. The summed E-state index contributed by atoms with van der Waals surface area (Å²) in [6.07, 6.45) is 1.64. The van der Waals surface area contributed by atoms with E-state index in [2.05, 4.69) is 20.6 Å². The van der Waals surface area contributed by atoms with E-state index in [0.29, 0.717) is 16.5 Å². The van der Waals surface area contributed by atoms with Gasteiger partial charge in [-0.25, -0.2) is 9.67 Å². The maximum absolute atomic E-state index is 12.2. The van der Waals surface area contributed by atoms with E-state index in [1.165, 1.54) is 16.9 Å². The highest BCUT2D eigenvalue weighted by atomic mass is 32.1. The summed E-state index contributed by atoms with van der Waals surface area (Å²) in [4.78, 5) is 16.2. The Balaban J connectivity index is 1.88. The summed E-state index contributed by atoms with van der Waals surface area (Å²) >= 11 is 1.36. The van der Waals surface area contributed by atoms with Crippen molar-refractivity contribution >= 4 is 22.4 Å². The second-order valence-corrected chi connectivity index (χ2v) is 5.46. The summed E-state index contributed by atoms with van der Waals surface area (Å²) in [5, 5.41) is 13.1. The number of carbonyl (C=O) groups excluding carboxylic acids is 1. The summed E-state index contributed by atoms with van der Waals surface area (Å²) in [7, 11) is 0. The number of aromatic nitrogens is 4. The molecule has 1 aromatic carbocycles. The van der Waals surface area contributed by atoms with Gasteiger partial charge in [0.05, 0.1) is 11.4 Å². The minimum atomic E-state index is -0.305. The van der Waals surface area contributed by atoms with Crippen molar-refractivity contribution in [2.75, 3.05) is 5.32 Å². The van der Waals surface area contributed by atoms with Crippen LogP contribution in [0.2, 0.25) is 0 Å². The van der Waals surface area contributed by atoms with E-state index in [4.69, 9.17) is 0 Å². The molecule has 0 aliphatic carbocycles. The quantitative estimate of drug-likeness (QED) is 0.807. The Bertz CT molecular complexity index is 761. The lowest BCUT2D eigenvalue weighted by Gasteiger charge is -2.04. The molecule has 0 unspecified atom stereocenters. The molecular formula is C14H13N5OS. The summed E-state index contributed by atoms with van der Waals surface area (Å²) in [6.45, 7) is 3.83. The molecule has 6 nitrogen and oxygen atoms in total. The average Bonchev–Trinajstić information content (AvgIpc) is 3.09. The number of aryl methyl sites for hydroxylation is 1. The highest BCUT2D eigenvalue weighted by Crippen LogP contribution is 2.16. The fourth-order valence-electron chi connectivity index (χ4n) is 1.91. The molecule has 21 heavy (non-hydrogen) atoms. The van der Waals surface area contributed by atoms with E-state index in [1.54, 1.807) is 16.3 Å². The van der Waals surface area contributed by atoms with Gasteiger partial charge in [-0.15, -0.1) is 16.4 Å². The zero-order valence-corrected chi connectivity index (χ0v) is 12.4. The summed E-state index contributed by atoms with van der Waals surface area (Å²) in [5.41, 5.74) is 3.02. The van der Waals surface area contributed by atoms with Gasteiger partial charge in [0.25, 0.3) is 5.91 Å². The first-order chi connectivity index (χ1) is 10.1. The molecule has 0 fully saturated rings. The van der Waals surface area contributed by atoms with Crippen LogP contribution in [0, 0.1) is 13.8 Å². The van der Waals surface area contributed by atoms with Crippen LogP contribution in [0.25, 0.3) is 5.69 Å². The normalized spacial score (nSPS) is 10.6. The van der Waals surface area contributed by atoms with Gasteiger partial charge >= 0.3 is 0 Å². The van der Waals surface area contributed by atoms with Crippen molar-refractivity contribution in [3.63, 3.8) is 0 Å². The maximum atomic E-state index is 12.2. The van der Waals surface area contributed by atoms with E-state index in [1.807, 2.05) is 38.1 Å². The first kappa shape index (κ1) is 13.4. The van der Waals surface area contributed by atoms with Crippen LogP contribution < -0.4 is 5.32 Å². The molecule has 0 aliphatic heterocycles. The van der Waals surface area contributed by atoms with Crippen molar-refractivity contribution in [1.29, 1.82) is 0 Å². The number of carbonyl (C=O) groups is 1. The van der Waals surface area contributed by atoms with Gasteiger partial charge in [-0.3, -0.25) is 10.1 Å². The summed E-state index contributed by atoms with van der Waals surface area (Å²) in [6, 6.07) is 7.87. The molecule has 3 rings (SSSR count). The van der Waals surface area contributed by atoms with Crippen molar-refractivity contribution in [2.24, 2.45) is 0 Å². The predicted molar refractivity (Wildman–Crippen MR) is 80.9 cm³/mol. The molecule has 0 bridgehead atoms.